The molecule has 23 heavy (non-hydrogen) atoms. The zero-order valence-corrected chi connectivity index (χ0v) is 13.2. The van der Waals surface area contributed by atoms with Crippen LogP contribution in [-0.4, -0.2) is 23.0 Å². The predicted molar refractivity (Wildman–Crippen MR) is 76.3 cm³/mol. The van der Waals surface area contributed by atoms with E-state index in [1.54, 1.807) is 6.07 Å². The first-order chi connectivity index (χ1) is 10.5. The van der Waals surface area contributed by atoms with Crippen molar-refractivity contribution < 1.29 is 31.5 Å². The molecule has 0 aromatic heterocycles. The highest BCUT2D eigenvalue weighted by atomic mass is 32.2. The largest absolute Gasteiger partial charge is 0.454 e. The van der Waals surface area contributed by atoms with E-state index in [0.29, 0.717) is 0 Å². The molecule has 0 radical (unpaired) electrons. The molecule has 0 bridgehead atoms. The molecular weight excluding hydrogens is 339 g/mol. The average Bonchev–Trinajstić information content (AvgIpc) is 2.45. The van der Waals surface area contributed by atoms with Gasteiger partial charge in [-0.25, -0.2) is 0 Å². The van der Waals surface area contributed by atoms with Crippen molar-refractivity contribution in [1.82, 2.24) is 0 Å². The third-order valence-corrected chi connectivity index (χ3v) is 4.30. The number of hydrogen-bond donors (Lipinski definition) is 0. The van der Waals surface area contributed by atoms with Crippen LogP contribution >= 0.6 is 11.8 Å². The van der Waals surface area contributed by atoms with Crippen molar-refractivity contribution in [2.75, 3.05) is 0 Å². The summed E-state index contributed by atoms with van der Waals surface area (Å²) in [6, 6.07) is 7.48. The standard InChI is InChI=1S/C15H15F5O2S/c1-3-11(21)9(2)12(14(16,17)15(18,19)20)13(22)23-10-7-5-4-6-8-10/h4-9,12H,3H2,1-2H3. The number of carbonyl (C=O) groups is 2. The van der Waals surface area contributed by atoms with E-state index in [0.717, 1.165) is 6.92 Å². The molecule has 0 saturated heterocycles. The van der Waals surface area contributed by atoms with Crippen molar-refractivity contribution >= 4 is 22.7 Å². The van der Waals surface area contributed by atoms with Gasteiger partial charge in [-0.3, -0.25) is 9.59 Å². The smallest absolute Gasteiger partial charge is 0.299 e. The van der Waals surface area contributed by atoms with E-state index in [1.807, 2.05) is 0 Å². The number of ketones is 1. The summed E-state index contributed by atoms with van der Waals surface area (Å²) in [6.45, 7) is 2.27. The van der Waals surface area contributed by atoms with Crippen LogP contribution in [0.2, 0.25) is 0 Å². The number of hydrogen-bond acceptors (Lipinski definition) is 3. The third-order valence-electron chi connectivity index (χ3n) is 3.34. The Morgan fingerprint density at radius 1 is 1.09 bits per heavy atom. The number of thioether (sulfide) groups is 1. The minimum atomic E-state index is -5.91. The Balaban J connectivity index is 3.18. The molecule has 128 valence electrons. The summed E-state index contributed by atoms with van der Waals surface area (Å²) < 4.78 is 65.6. The maximum absolute atomic E-state index is 13.8. The zero-order chi connectivity index (χ0) is 17.8. The highest BCUT2D eigenvalue weighted by Gasteiger charge is 2.66. The number of halogens is 5. The molecule has 1 aromatic rings. The molecule has 0 heterocycles. The van der Waals surface area contributed by atoms with Crippen molar-refractivity contribution in [2.24, 2.45) is 11.8 Å². The van der Waals surface area contributed by atoms with Gasteiger partial charge in [0.25, 0.3) is 0 Å². The second-order valence-electron chi connectivity index (χ2n) is 4.94. The molecule has 1 aromatic carbocycles. The molecule has 0 fully saturated rings. The lowest BCUT2D eigenvalue weighted by Crippen LogP contribution is -2.50. The van der Waals surface area contributed by atoms with Gasteiger partial charge in [0, 0.05) is 17.2 Å². The average molecular weight is 354 g/mol. The van der Waals surface area contributed by atoms with E-state index in [-0.39, 0.29) is 23.1 Å². The summed E-state index contributed by atoms with van der Waals surface area (Å²) in [5, 5.41) is -1.38. The first kappa shape index (κ1) is 19.6. The summed E-state index contributed by atoms with van der Waals surface area (Å²) in [7, 11) is 0. The van der Waals surface area contributed by atoms with E-state index >= 15 is 0 Å². The minimum Gasteiger partial charge on any atom is -0.299 e. The van der Waals surface area contributed by atoms with E-state index in [1.165, 1.54) is 31.2 Å². The van der Waals surface area contributed by atoms with Crippen LogP contribution in [0.1, 0.15) is 20.3 Å². The van der Waals surface area contributed by atoms with Crippen molar-refractivity contribution in [3.63, 3.8) is 0 Å². The lowest BCUT2D eigenvalue weighted by molar-refractivity contribution is -0.301. The SMILES string of the molecule is CCC(=O)C(C)C(C(=O)Sc1ccccc1)C(F)(F)C(F)(F)F. The maximum atomic E-state index is 13.8. The predicted octanol–water partition coefficient (Wildman–Crippen LogP) is 4.73. The molecule has 8 heteroatoms. The van der Waals surface area contributed by atoms with Crippen LogP contribution in [0, 0.1) is 11.8 Å². The summed E-state index contributed by atoms with van der Waals surface area (Å²) in [5.41, 5.74) is 0. The molecular formula is C15H15F5O2S. The number of alkyl halides is 5. The number of Topliss-reactive ketones (excluding diaryl/α,β-unsaturated/α-hetero) is 1. The molecule has 0 aliphatic heterocycles. The van der Waals surface area contributed by atoms with Gasteiger partial charge in [0.05, 0.1) is 0 Å². The second kappa shape index (κ2) is 7.42. The van der Waals surface area contributed by atoms with Gasteiger partial charge >= 0.3 is 12.1 Å². The maximum Gasteiger partial charge on any atom is 0.454 e. The molecule has 2 unspecified atom stereocenters. The van der Waals surface area contributed by atoms with Crippen LogP contribution in [-0.2, 0) is 9.59 Å². The summed E-state index contributed by atoms with van der Waals surface area (Å²) in [4.78, 5) is 24.0. The molecule has 0 saturated carbocycles. The lowest BCUT2D eigenvalue weighted by atomic mass is 9.85. The zero-order valence-electron chi connectivity index (χ0n) is 12.4. The van der Waals surface area contributed by atoms with E-state index in [2.05, 4.69) is 0 Å². The summed E-state index contributed by atoms with van der Waals surface area (Å²) in [6.07, 6.45) is -6.14. The van der Waals surface area contributed by atoms with Gasteiger partial charge in [-0.1, -0.05) is 43.8 Å². The Bertz CT molecular complexity index is 557. The van der Waals surface area contributed by atoms with Gasteiger partial charge in [-0.05, 0) is 12.1 Å². The second-order valence-corrected chi connectivity index (χ2v) is 6.02. The van der Waals surface area contributed by atoms with Crippen molar-refractivity contribution in [1.29, 1.82) is 0 Å². The molecule has 0 aliphatic rings. The summed E-state index contributed by atoms with van der Waals surface area (Å²) >= 11 is 0.280. The topological polar surface area (TPSA) is 34.1 Å². The number of carbonyl (C=O) groups excluding carboxylic acids is 2. The van der Waals surface area contributed by atoms with E-state index < -0.39 is 34.8 Å². The molecule has 0 N–H and O–H groups in total. The molecule has 1 rings (SSSR count). The molecule has 2 atom stereocenters. The minimum absolute atomic E-state index is 0.227. The first-order valence-electron chi connectivity index (χ1n) is 6.76. The highest BCUT2D eigenvalue weighted by molar-refractivity contribution is 8.13. The third kappa shape index (κ3) is 4.53. The highest BCUT2D eigenvalue weighted by Crippen LogP contribution is 2.46. The van der Waals surface area contributed by atoms with Crippen LogP contribution < -0.4 is 0 Å². The van der Waals surface area contributed by atoms with Crippen LogP contribution in [0.15, 0.2) is 35.2 Å². The lowest BCUT2D eigenvalue weighted by Gasteiger charge is -2.30. The monoisotopic (exact) mass is 354 g/mol. The van der Waals surface area contributed by atoms with E-state index in [4.69, 9.17) is 0 Å². The van der Waals surface area contributed by atoms with Gasteiger partial charge < -0.3 is 0 Å². The van der Waals surface area contributed by atoms with Gasteiger partial charge in [0.2, 0.25) is 5.12 Å². The number of benzene rings is 1. The van der Waals surface area contributed by atoms with Crippen LogP contribution in [0.3, 0.4) is 0 Å². The van der Waals surface area contributed by atoms with Gasteiger partial charge in [0.15, 0.2) is 0 Å². The molecule has 0 spiro atoms. The Morgan fingerprint density at radius 3 is 2.04 bits per heavy atom. The van der Waals surface area contributed by atoms with Gasteiger partial charge in [-0.2, -0.15) is 22.0 Å². The fourth-order valence-electron chi connectivity index (χ4n) is 2.02. The first-order valence-corrected chi connectivity index (χ1v) is 7.58. The Kier molecular flexibility index (Phi) is 6.33. The molecule has 0 aliphatic carbocycles. The quantitative estimate of drug-likeness (QED) is 0.547. The fourth-order valence-corrected chi connectivity index (χ4v) is 3.02. The van der Waals surface area contributed by atoms with Crippen LogP contribution in [0.5, 0.6) is 0 Å². The van der Waals surface area contributed by atoms with Gasteiger partial charge in [-0.15, -0.1) is 0 Å². The molecule has 0 amide bonds. The Hall–Kier alpha value is -1.44. The van der Waals surface area contributed by atoms with E-state index in [9.17, 15) is 31.5 Å². The molecule has 2 nitrogen and oxygen atoms in total. The van der Waals surface area contributed by atoms with Crippen LogP contribution in [0.4, 0.5) is 22.0 Å². The van der Waals surface area contributed by atoms with Crippen molar-refractivity contribution in [3.8, 4) is 0 Å². The van der Waals surface area contributed by atoms with Crippen molar-refractivity contribution in [2.45, 2.75) is 37.3 Å². The summed E-state index contributed by atoms with van der Waals surface area (Å²) in [5.74, 6) is -10.6. The van der Waals surface area contributed by atoms with Crippen molar-refractivity contribution in [3.05, 3.63) is 30.3 Å². The number of rotatable bonds is 6. The van der Waals surface area contributed by atoms with Gasteiger partial charge in [0.1, 0.15) is 11.7 Å². The Morgan fingerprint density at radius 2 is 1.61 bits per heavy atom. The Labute approximate surface area is 134 Å². The normalized spacial score (nSPS) is 15.1. The fraction of sp³-hybridized carbons (Fsp3) is 0.467. The van der Waals surface area contributed by atoms with Crippen LogP contribution in [0.25, 0.3) is 0 Å².